The number of carbonyl (C=O) groups excluding carboxylic acids is 3. The van der Waals surface area contributed by atoms with Gasteiger partial charge in [0.15, 0.2) is 0 Å². The Balaban J connectivity index is 1.41. The summed E-state index contributed by atoms with van der Waals surface area (Å²) in [5.41, 5.74) is 2.60. The molecule has 2 aliphatic heterocycles. The predicted molar refractivity (Wildman–Crippen MR) is 146 cm³/mol. The molecule has 2 N–H and O–H groups in total. The van der Waals surface area contributed by atoms with E-state index in [-0.39, 0.29) is 49.4 Å². The molecule has 2 atom stereocenters. The van der Waals surface area contributed by atoms with Crippen molar-refractivity contribution in [2.24, 2.45) is 0 Å². The molecule has 3 aromatic rings. The van der Waals surface area contributed by atoms with Crippen molar-refractivity contribution >= 4 is 17.8 Å². The first kappa shape index (κ1) is 27.1. The van der Waals surface area contributed by atoms with Gasteiger partial charge in [0.25, 0.3) is 0 Å². The monoisotopic (exact) mass is 545 g/mol. The molecule has 0 saturated carbocycles. The van der Waals surface area contributed by atoms with Crippen molar-refractivity contribution in [3.05, 3.63) is 101 Å². The first-order valence-electron chi connectivity index (χ1n) is 13.2. The molecule has 0 spiro atoms. The zero-order valence-corrected chi connectivity index (χ0v) is 22.2. The van der Waals surface area contributed by atoms with Crippen LogP contribution in [0.3, 0.4) is 0 Å². The second kappa shape index (κ2) is 11.7. The number of nitrogens with one attached hydrogen (secondary N) is 1. The van der Waals surface area contributed by atoms with Crippen LogP contribution in [-0.4, -0.2) is 81.7 Å². The molecule has 2 fully saturated rings. The number of nitrogens with zero attached hydrogens (tertiary/aromatic N) is 4. The van der Waals surface area contributed by atoms with Gasteiger partial charge in [0.2, 0.25) is 11.8 Å². The number of benzene rings is 3. The van der Waals surface area contributed by atoms with Gasteiger partial charge >= 0.3 is 6.03 Å². The maximum atomic E-state index is 13.8. The Morgan fingerprint density at radius 2 is 1.62 bits per heavy atom. The average Bonchev–Trinajstić information content (AvgIpc) is 2.95. The molecule has 208 valence electrons. The lowest BCUT2D eigenvalue weighted by Gasteiger charge is -2.54. The van der Waals surface area contributed by atoms with Crippen molar-refractivity contribution < 1.29 is 23.9 Å². The number of urea groups is 1. The number of fused-ring (bicyclic) bond motifs is 1. The van der Waals surface area contributed by atoms with Gasteiger partial charge in [0, 0.05) is 26.6 Å². The Morgan fingerprint density at radius 1 is 0.950 bits per heavy atom. The number of rotatable bonds is 7. The summed E-state index contributed by atoms with van der Waals surface area (Å²) in [5, 5.41) is 15.7. The van der Waals surface area contributed by atoms with E-state index in [4.69, 9.17) is 0 Å². The number of halogens is 1. The minimum absolute atomic E-state index is 0.0656. The van der Waals surface area contributed by atoms with Gasteiger partial charge in [-0.15, -0.1) is 0 Å². The van der Waals surface area contributed by atoms with Gasteiger partial charge < -0.3 is 20.2 Å². The Bertz CT molecular complexity index is 1350. The number of piperazine rings is 1. The van der Waals surface area contributed by atoms with E-state index in [2.05, 4.69) is 5.32 Å². The highest BCUT2D eigenvalue weighted by atomic mass is 19.1. The van der Waals surface area contributed by atoms with E-state index in [9.17, 15) is 23.9 Å². The quantitative estimate of drug-likeness (QED) is 0.476. The molecule has 0 unspecified atom stereocenters. The lowest BCUT2D eigenvalue weighted by molar-refractivity contribution is -0.186. The highest BCUT2D eigenvalue weighted by Gasteiger charge is 2.50. The fourth-order valence-corrected chi connectivity index (χ4v) is 5.33. The van der Waals surface area contributed by atoms with Crippen molar-refractivity contribution in [1.29, 1.82) is 0 Å². The number of phenolic OH excluding ortho intramolecular Hbond substituents is 1. The van der Waals surface area contributed by atoms with Gasteiger partial charge in [-0.25, -0.2) is 19.2 Å². The number of amides is 4. The van der Waals surface area contributed by atoms with Crippen molar-refractivity contribution in [3.8, 4) is 5.75 Å². The summed E-state index contributed by atoms with van der Waals surface area (Å²) in [6.45, 7) is 0.710. The molecule has 5 rings (SSSR count). The largest absolute Gasteiger partial charge is 0.508 e. The first-order chi connectivity index (χ1) is 19.3. The minimum Gasteiger partial charge on any atom is -0.508 e. The molecule has 2 aliphatic rings. The van der Waals surface area contributed by atoms with Crippen molar-refractivity contribution in [1.82, 2.24) is 25.1 Å². The van der Waals surface area contributed by atoms with Crippen LogP contribution in [0.5, 0.6) is 5.75 Å². The first-order valence-corrected chi connectivity index (χ1v) is 13.2. The van der Waals surface area contributed by atoms with Crippen LogP contribution in [0, 0.1) is 5.82 Å². The molecule has 0 radical (unpaired) electrons. The Kier molecular flexibility index (Phi) is 7.97. The zero-order valence-electron chi connectivity index (χ0n) is 22.2. The van der Waals surface area contributed by atoms with Gasteiger partial charge in [-0.2, -0.15) is 0 Å². The normalized spacial score (nSPS) is 19.5. The van der Waals surface area contributed by atoms with Crippen molar-refractivity contribution in [2.45, 2.75) is 31.6 Å². The van der Waals surface area contributed by atoms with Crippen LogP contribution in [-0.2, 0) is 29.0 Å². The van der Waals surface area contributed by atoms with E-state index < -0.39 is 18.2 Å². The standard InChI is InChI=1S/C30H32FN5O4/c1-33-20-28(38)35-26(17-22-9-13-25(37)14-10-22)29(39)34(16-15-21-5-3-2-4-6-21)19-27(35)36(33)30(40)32-18-23-7-11-24(31)12-8-23/h2-14,26-27,37H,15-20H2,1H3,(H,32,40)/t26-,27-/m0/s1. The van der Waals surface area contributed by atoms with Crippen LogP contribution in [0.15, 0.2) is 78.9 Å². The van der Waals surface area contributed by atoms with Crippen LogP contribution < -0.4 is 5.32 Å². The van der Waals surface area contributed by atoms with Crippen molar-refractivity contribution in [2.75, 3.05) is 26.7 Å². The summed E-state index contributed by atoms with van der Waals surface area (Å²) in [6.07, 6.45) is 0.166. The Hall–Kier alpha value is -4.44. The Morgan fingerprint density at radius 3 is 2.33 bits per heavy atom. The van der Waals surface area contributed by atoms with E-state index in [1.165, 1.54) is 22.0 Å². The number of phenols is 1. The molecule has 0 aromatic heterocycles. The third-order valence-corrected chi connectivity index (χ3v) is 7.38. The number of likely N-dealkylation sites (N-methyl/N-ethyl adjacent to an activating group) is 1. The average molecular weight is 546 g/mol. The Labute approximate surface area is 232 Å². The molecule has 2 heterocycles. The third kappa shape index (κ3) is 5.91. The van der Waals surface area contributed by atoms with E-state index in [1.54, 1.807) is 53.4 Å². The van der Waals surface area contributed by atoms with Crippen LogP contribution in [0.4, 0.5) is 9.18 Å². The molecule has 10 heteroatoms. The summed E-state index contributed by atoms with van der Waals surface area (Å²) >= 11 is 0. The second-order valence-electron chi connectivity index (χ2n) is 10.1. The number of hydrogen-bond donors (Lipinski definition) is 2. The fraction of sp³-hybridized carbons (Fsp3) is 0.300. The summed E-state index contributed by atoms with van der Waals surface area (Å²) < 4.78 is 13.3. The van der Waals surface area contributed by atoms with Gasteiger partial charge in [-0.3, -0.25) is 9.59 Å². The third-order valence-electron chi connectivity index (χ3n) is 7.38. The van der Waals surface area contributed by atoms with Gasteiger partial charge in [-0.05, 0) is 47.4 Å². The van der Waals surface area contributed by atoms with E-state index >= 15 is 0 Å². The lowest BCUT2D eigenvalue weighted by atomic mass is 9.98. The molecule has 9 nitrogen and oxygen atoms in total. The molecule has 4 amide bonds. The van der Waals surface area contributed by atoms with Gasteiger partial charge in [0.05, 0.1) is 13.1 Å². The highest BCUT2D eigenvalue weighted by Crippen LogP contribution is 2.28. The van der Waals surface area contributed by atoms with E-state index in [0.717, 1.165) is 16.7 Å². The number of aromatic hydroxyl groups is 1. The molecule has 0 aliphatic carbocycles. The summed E-state index contributed by atoms with van der Waals surface area (Å²) in [6, 6.07) is 21.0. The number of carbonyl (C=O) groups is 3. The molecular weight excluding hydrogens is 513 g/mol. The maximum Gasteiger partial charge on any atom is 0.334 e. The zero-order chi connectivity index (χ0) is 28.2. The molecule has 2 saturated heterocycles. The van der Waals surface area contributed by atoms with Crippen LogP contribution >= 0.6 is 0 Å². The molecule has 0 bridgehead atoms. The van der Waals surface area contributed by atoms with Crippen molar-refractivity contribution in [3.63, 3.8) is 0 Å². The fourth-order valence-electron chi connectivity index (χ4n) is 5.33. The molecule has 40 heavy (non-hydrogen) atoms. The minimum atomic E-state index is -0.812. The lowest BCUT2D eigenvalue weighted by Crippen LogP contribution is -2.76. The maximum absolute atomic E-state index is 13.8. The molecule has 3 aromatic carbocycles. The number of hydrazine groups is 1. The smallest absolute Gasteiger partial charge is 0.334 e. The van der Waals surface area contributed by atoms with Gasteiger partial charge in [-0.1, -0.05) is 54.6 Å². The summed E-state index contributed by atoms with van der Waals surface area (Å²) in [5.74, 6) is -0.664. The van der Waals surface area contributed by atoms with E-state index in [1.807, 2.05) is 30.3 Å². The van der Waals surface area contributed by atoms with E-state index in [0.29, 0.717) is 13.0 Å². The number of hydrogen-bond acceptors (Lipinski definition) is 5. The second-order valence-corrected chi connectivity index (χ2v) is 10.1. The van der Waals surface area contributed by atoms with Crippen LogP contribution in [0.25, 0.3) is 0 Å². The predicted octanol–water partition coefficient (Wildman–Crippen LogP) is 2.75. The molecular formula is C30H32FN5O4. The van der Waals surface area contributed by atoms with Crippen LogP contribution in [0.1, 0.15) is 16.7 Å². The summed E-state index contributed by atoms with van der Waals surface area (Å²) in [4.78, 5) is 44.0. The van der Waals surface area contributed by atoms with Crippen LogP contribution in [0.2, 0.25) is 0 Å². The topological polar surface area (TPSA) is 96.4 Å². The highest BCUT2D eigenvalue weighted by molar-refractivity contribution is 5.91. The SMILES string of the molecule is CN1CC(=O)N2[C@@H](Cc3ccc(O)cc3)C(=O)N(CCc3ccccc3)C[C@@H]2N1C(=O)NCc1ccc(F)cc1. The van der Waals surface area contributed by atoms with Gasteiger partial charge in [0.1, 0.15) is 23.8 Å². The summed E-state index contributed by atoms with van der Waals surface area (Å²) in [7, 11) is 1.67.